The first-order chi connectivity index (χ1) is 11.9. The maximum Gasteiger partial charge on any atom is 0.333 e. The van der Waals surface area contributed by atoms with Gasteiger partial charge in [0, 0.05) is 0 Å². The highest BCUT2D eigenvalue weighted by atomic mass is 16.6. The van der Waals surface area contributed by atoms with Gasteiger partial charge in [-0.25, -0.2) is 4.79 Å². The summed E-state index contributed by atoms with van der Waals surface area (Å²) in [7, 11) is 2.69. The summed E-state index contributed by atoms with van der Waals surface area (Å²) in [5, 5.41) is 2.86. The van der Waals surface area contributed by atoms with Gasteiger partial charge in [-0.3, -0.25) is 10.1 Å². The maximum absolute atomic E-state index is 12.2. The zero-order valence-corrected chi connectivity index (χ0v) is 14.6. The van der Waals surface area contributed by atoms with E-state index in [1.165, 1.54) is 21.1 Å². The van der Waals surface area contributed by atoms with E-state index in [0.29, 0.717) is 19.1 Å². The minimum Gasteiger partial charge on any atom is -0.467 e. The summed E-state index contributed by atoms with van der Waals surface area (Å²) in [5.74, 6) is -0.977. The van der Waals surface area contributed by atoms with Crippen LogP contribution in [0.1, 0.15) is 33.1 Å². The number of methoxy groups -OCH3 is 2. The van der Waals surface area contributed by atoms with Crippen LogP contribution in [-0.4, -0.2) is 59.3 Å². The van der Waals surface area contributed by atoms with E-state index >= 15 is 0 Å². The van der Waals surface area contributed by atoms with E-state index in [-0.39, 0.29) is 30.2 Å². The quantitative estimate of drug-likeness (QED) is 0.332. The number of hydrogen-bond donors (Lipinski definition) is 1. The third-order valence-corrected chi connectivity index (χ3v) is 3.19. The fraction of sp³-hybridized carbons (Fsp3) is 0.600. The Morgan fingerprint density at radius 3 is 2.16 bits per heavy atom. The lowest BCUT2D eigenvalue weighted by molar-refractivity contribution is -0.137. The van der Waals surface area contributed by atoms with Gasteiger partial charge in [0.2, 0.25) is 0 Å². The molecule has 0 fully saturated rings. The summed E-state index contributed by atoms with van der Waals surface area (Å²) in [5.41, 5.74) is 0. The second-order valence-corrected chi connectivity index (χ2v) is 5.08. The number of carbonyl (C=O) groups is 3. The van der Waals surface area contributed by atoms with E-state index in [4.69, 9.17) is 14.2 Å². The van der Waals surface area contributed by atoms with Crippen LogP contribution in [0.4, 0.5) is 0 Å². The molecule has 0 saturated heterocycles. The topological polar surface area (TPSA) is 130 Å². The molecule has 0 aliphatic rings. The Hall–Kier alpha value is -2.62. The molecule has 0 aliphatic carbocycles. The Kier molecular flexibility index (Phi) is 8.40. The molecule has 1 aromatic heterocycles. The van der Waals surface area contributed by atoms with Crippen LogP contribution in [0.25, 0.3) is 0 Å². The van der Waals surface area contributed by atoms with Crippen LogP contribution in [0.5, 0.6) is 18.0 Å². The van der Waals surface area contributed by atoms with Crippen molar-refractivity contribution in [3.8, 4) is 18.0 Å². The summed E-state index contributed by atoms with van der Waals surface area (Å²) < 4.78 is 14.8. The predicted octanol–water partition coefficient (Wildman–Crippen LogP) is 0.0991. The van der Waals surface area contributed by atoms with Crippen LogP contribution in [0, 0.1) is 0 Å². The SMILES string of the molecule is CCC[C@H](N[C@@H](C)C(=O)Oc1nc(OC)nc(OC)n1)C(=O)CC=O. The molecule has 1 rings (SSSR count). The largest absolute Gasteiger partial charge is 0.467 e. The molecule has 0 aromatic carbocycles. The summed E-state index contributed by atoms with van der Waals surface area (Å²) in [4.78, 5) is 46.0. The molecule has 138 valence electrons. The summed E-state index contributed by atoms with van der Waals surface area (Å²) in [6, 6.07) is -1.85. The summed E-state index contributed by atoms with van der Waals surface area (Å²) in [6.45, 7) is 3.43. The van der Waals surface area contributed by atoms with Gasteiger partial charge in [0.15, 0.2) is 5.78 Å². The molecule has 25 heavy (non-hydrogen) atoms. The Labute approximate surface area is 145 Å². The van der Waals surface area contributed by atoms with Crippen LogP contribution in [-0.2, 0) is 14.4 Å². The molecule has 0 unspecified atom stereocenters. The van der Waals surface area contributed by atoms with Crippen molar-refractivity contribution < 1.29 is 28.6 Å². The average Bonchev–Trinajstić information content (AvgIpc) is 2.60. The molecule has 2 atom stereocenters. The van der Waals surface area contributed by atoms with E-state index in [0.717, 1.165) is 0 Å². The van der Waals surface area contributed by atoms with Crippen molar-refractivity contribution in [2.75, 3.05) is 14.2 Å². The lowest BCUT2D eigenvalue weighted by atomic mass is 10.0. The van der Waals surface area contributed by atoms with Crippen molar-refractivity contribution in [3.63, 3.8) is 0 Å². The molecule has 1 aromatic rings. The monoisotopic (exact) mass is 354 g/mol. The molecule has 0 bridgehead atoms. The molecule has 0 radical (unpaired) electrons. The Bertz CT molecular complexity index is 587. The first-order valence-electron chi connectivity index (χ1n) is 7.73. The van der Waals surface area contributed by atoms with Crippen molar-refractivity contribution in [1.29, 1.82) is 0 Å². The van der Waals surface area contributed by atoms with Gasteiger partial charge in [0.1, 0.15) is 12.3 Å². The minimum atomic E-state index is -0.819. The van der Waals surface area contributed by atoms with Crippen molar-refractivity contribution in [2.24, 2.45) is 0 Å². The molecule has 0 amide bonds. The molecule has 0 saturated carbocycles. The number of hydrogen-bond acceptors (Lipinski definition) is 10. The van der Waals surface area contributed by atoms with Gasteiger partial charge in [-0.1, -0.05) is 13.3 Å². The number of nitrogens with one attached hydrogen (secondary N) is 1. The van der Waals surface area contributed by atoms with E-state index < -0.39 is 18.1 Å². The summed E-state index contributed by atoms with van der Waals surface area (Å²) >= 11 is 0. The first kappa shape index (κ1) is 20.4. The van der Waals surface area contributed by atoms with Gasteiger partial charge in [-0.2, -0.15) is 0 Å². The third-order valence-electron chi connectivity index (χ3n) is 3.19. The first-order valence-corrected chi connectivity index (χ1v) is 7.73. The smallest absolute Gasteiger partial charge is 0.333 e. The molecular weight excluding hydrogens is 332 g/mol. The van der Waals surface area contributed by atoms with E-state index in [9.17, 15) is 14.4 Å². The van der Waals surface area contributed by atoms with Crippen LogP contribution < -0.4 is 19.5 Å². The van der Waals surface area contributed by atoms with Gasteiger partial charge in [-0.05, 0) is 13.3 Å². The number of aldehydes is 1. The Balaban J connectivity index is 2.78. The number of ketones is 1. The normalized spacial score (nSPS) is 12.8. The number of carbonyl (C=O) groups excluding carboxylic acids is 3. The Morgan fingerprint density at radius 2 is 1.68 bits per heavy atom. The van der Waals surface area contributed by atoms with Crippen LogP contribution in [0.15, 0.2) is 0 Å². The average molecular weight is 354 g/mol. The second-order valence-electron chi connectivity index (χ2n) is 5.08. The van der Waals surface area contributed by atoms with Gasteiger partial charge in [0.25, 0.3) is 0 Å². The van der Waals surface area contributed by atoms with E-state index in [1.54, 1.807) is 0 Å². The standard InChI is InChI=1S/C15H22N4O6/c1-5-6-10(11(21)7-8-20)16-9(2)12(22)25-15-18-13(23-3)17-14(19-15)24-4/h8-10,16H,5-7H2,1-4H3/t9-,10-/m0/s1. The fourth-order valence-corrected chi connectivity index (χ4v) is 1.95. The molecule has 1 heterocycles. The lowest BCUT2D eigenvalue weighted by Crippen LogP contribution is -2.47. The number of esters is 1. The molecule has 10 heteroatoms. The summed E-state index contributed by atoms with van der Waals surface area (Å²) in [6.07, 6.45) is 1.55. The molecule has 0 aliphatic heterocycles. The van der Waals surface area contributed by atoms with E-state index in [2.05, 4.69) is 20.3 Å². The van der Waals surface area contributed by atoms with Crippen LogP contribution in [0.3, 0.4) is 0 Å². The molecular formula is C15H22N4O6. The lowest BCUT2D eigenvalue weighted by Gasteiger charge is -2.20. The highest BCUT2D eigenvalue weighted by Crippen LogP contribution is 2.14. The Morgan fingerprint density at radius 1 is 1.12 bits per heavy atom. The van der Waals surface area contributed by atoms with Crippen molar-refractivity contribution in [1.82, 2.24) is 20.3 Å². The second kappa shape index (κ2) is 10.3. The number of rotatable bonds is 11. The van der Waals surface area contributed by atoms with Gasteiger partial charge in [0.05, 0.1) is 26.7 Å². The fourth-order valence-electron chi connectivity index (χ4n) is 1.95. The van der Waals surface area contributed by atoms with Gasteiger partial charge in [-0.15, -0.1) is 15.0 Å². The number of nitrogens with zero attached hydrogens (tertiary/aromatic N) is 3. The molecule has 10 nitrogen and oxygen atoms in total. The van der Waals surface area contributed by atoms with Crippen LogP contribution in [0.2, 0.25) is 0 Å². The third kappa shape index (κ3) is 6.42. The van der Waals surface area contributed by atoms with E-state index in [1.807, 2.05) is 6.92 Å². The van der Waals surface area contributed by atoms with Crippen molar-refractivity contribution >= 4 is 18.0 Å². The molecule has 0 spiro atoms. The highest BCUT2D eigenvalue weighted by Gasteiger charge is 2.24. The number of aromatic nitrogens is 3. The van der Waals surface area contributed by atoms with Gasteiger partial charge < -0.3 is 19.0 Å². The number of ether oxygens (including phenoxy) is 3. The zero-order valence-electron chi connectivity index (χ0n) is 14.6. The van der Waals surface area contributed by atoms with Gasteiger partial charge >= 0.3 is 24.0 Å². The van der Waals surface area contributed by atoms with Crippen LogP contribution >= 0.6 is 0 Å². The number of Topliss-reactive ketones (excluding diaryl/α,β-unsaturated/α-hetero) is 1. The van der Waals surface area contributed by atoms with Crippen molar-refractivity contribution in [2.45, 2.75) is 45.2 Å². The highest BCUT2D eigenvalue weighted by molar-refractivity contribution is 5.94. The van der Waals surface area contributed by atoms with Crippen molar-refractivity contribution in [3.05, 3.63) is 0 Å². The predicted molar refractivity (Wildman–Crippen MR) is 85.5 cm³/mol. The molecule has 1 N–H and O–H groups in total. The maximum atomic E-state index is 12.2. The minimum absolute atomic E-state index is 0.0692. The zero-order chi connectivity index (χ0) is 18.8.